The quantitative estimate of drug-likeness (QED) is 0.757. The lowest BCUT2D eigenvalue weighted by Crippen LogP contribution is -2.34. The van der Waals surface area contributed by atoms with Crippen molar-refractivity contribution in [1.82, 2.24) is 10.1 Å². The molecular weight excluding hydrogens is 192 g/mol. The number of hydrogen-bond acceptors (Lipinski definition) is 5. The van der Waals surface area contributed by atoms with E-state index in [-0.39, 0.29) is 5.95 Å². The van der Waals surface area contributed by atoms with E-state index in [1.165, 1.54) is 0 Å². The molecule has 0 fully saturated rings. The SMILES string of the molecule is CC(N)(c1ccccc1)c1nc(N)no1. The summed E-state index contributed by atoms with van der Waals surface area (Å²) in [5, 5.41) is 3.52. The number of anilines is 1. The van der Waals surface area contributed by atoms with Crippen LogP contribution >= 0.6 is 0 Å². The van der Waals surface area contributed by atoms with Crippen molar-refractivity contribution in [3.05, 3.63) is 41.8 Å². The van der Waals surface area contributed by atoms with E-state index in [9.17, 15) is 0 Å². The highest BCUT2D eigenvalue weighted by atomic mass is 16.5. The monoisotopic (exact) mass is 204 g/mol. The predicted molar refractivity (Wildman–Crippen MR) is 55.8 cm³/mol. The highest BCUT2D eigenvalue weighted by Crippen LogP contribution is 2.24. The van der Waals surface area contributed by atoms with Crippen LogP contribution in [0, 0.1) is 0 Å². The van der Waals surface area contributed by atoms with Crippen LogP contribution in [0.25, 0.3) is 0 Å². The standard InChI is InChI=1S/C10H12N4O/c1-10(12,7-5-3-2-4-6-7)8-13-9(11)14-15-8/h2-6H,12H2,1H3,(H2,11,14). The smallest absolute Gasteiger partial charge is 0.260 e. The number of rotatable bonds is 2. The molecule has 1 aromatic heterocycles. The minimum absolute atomic E-state index is 0.0950. The fraction of sp³-hybridized carbons (Fsp3) is 0.200. The molecule has 0 aliphatic carbocycles. The number of hydrogen-bond donors (Lipinski definition) is 2. The second-order valence-corrected chi connectivity index (χ2v) is 3.53. The molecular formula is C10H12N4O. The van der Waals surface area contributed by atoms with Crippen LogP contribution in [0.4, 0.5) is 5.95 Å². The minimum Gasteiger partial charge on any atom is -0.365 e. The summed E-state index contributed by atoms with van der Waals surface area (Å²) in [7, 11) is 0. The summed E-state index contributed by atoms with van der Waals surface area (Å²) in [5.74, 6) is 0.406. The minimum atomic E-state index is -0.814. The van der Waals surface area contributed by atoms with E-state index in [4.69, 9.17) is 16.0 Å². The van der Waals surface area contributed by atoms with Crippen LogP contribution in [0.3, 0.4) is 0 Å². The highest BCUT2D eigenvalue weighted by Gasteiger charge is 2.29. The summed E-state index contributed by atoms with van der Waals surface area (Å²) in [6.45, 7) is 1.80. The number of nitrogen functional groups attached to an aromatic ring is 1. The third-order valence-corrected chi connectivity index (χ3v) is 2.26. The van der Waals surface area contributed by atoms with Crippen LogP contribution in [0.5, 0.6) is 0 Å². The molecule has 0 spiro atoms. The molecule has 1 unspecified atom stereocenters. The van der Waals surface area contributed by atoms with Crippen molar-refractivity contribution in [1.29, 1.82) is 0 Å². The van der Waals surface area contributed by atoms with Gasteiger partial charge in [0.15, 0.2) is 0 Å². The molecule has 5 heteroatoms. The molecule has 0 saturated heterocycles. The van der Waals surface area contributed by atoms with Gasteiger partial charge in [0, 0.05) is 0 Å². The van der Waals surface area contributed by atoms with Crippen molar-refractivity contribution < 1.29 is 4.52 Å². The van der Waals surface area contributed by atoms with Gasteiger partial charge in [0.1, 0.15) is 5.54 Å². The number of benzene rings is 1. The van der Waals surface area contributed by atoms with E-state index in [1.54, 1.807) is 6.92 Å². The average Bonchev–Trinajstić information content (AvgIpc) is 2.67. The molecule has 1 aromatic carbocycles. The van der Waals surface area contributed by atoms with Gasteiger partial charge < -0.3 is 16.0 Å². The summed E-state index contributed by atoms with van der Waals surface area (Å²) in [5.41, 5.74) is 11.6. The molecule has 4 N–H and O–H groups in total. The fourth-order valence-corrected chi connectivity index (χ4v) is 1.35. The molecule has 1 heterocycles. The van der Waals surface area contributed by atoms with Crippen molar-refractivity contribution in [2.75, 3.05) is 5.73 Å². The van der Waals surface area contributed by atoms with Crippen LogP contribution < -0.4 is 11.5 Å². The Morgan fingerprint density at radius 2 is 1.93 bits per heavy atom. The molecule has 78 valence electrons. The Hall–Kier alpha value is -1.88. The Morgan fingerprint density at radius 1 is 1.27 bits per heavy atom. The van der Waals surface area contributed by atoms with Crippen LogP contribution in [0.1, 0.15) is 18.4 Å². The molecule has 2 rings (SSSR count). The highest BCUT2D eigenvalue weighted by molar-refractivity contribution is 5.30. The maximum atomic E-state index is 6.12. The number of nitrogens with two attached hydrogens (primary N) is 2. The first-order chi connectivity index (χ1) is 7.10. The lowest BCUT2D eigenvalue weighted by atomic mass is 9.93. The zero-order valence-electron chi connectivity index (χ0n) is 8.34. The van der Waals surface area contributed by atoms with Gasteiger partial charge in [0.05, 0.1) is 0 Å². The first-order valence-corrected chi connectivity index (χ1v) is 4.55. The summed E-state index contributed by atoms with van der Waals surface area (Å²) in [4.78, 5) is 3.93. The van der Waals surface area contributed by atoms with E-state index in [0.29, 0.717) is 5.89 Å². The van der Waals surface area contributed by atoms with Crippen molar-refractivity contribution in [3.8, 4) is 0 Å². The molecule has 1 atom stereocenters. The largest absolute Gasteiger partial charge is 0.365 e. The Morgan fingerprint density at radius 3 is 2.47 bits per heavy atom. The van der Waals surface area contributed by atoms with Crippen molar-refractivity contribution >= 4 is 5.95 Å². The van der Waals surface area contributed by atoms with Gasteiger partial charge in [-0.2, -0.15) is 4.98 Å². The van der Waals surface area contributed by atoms with Crippen LogP contribution in [-0.4, -0.2) is 10.1 Å². The summed E-state index contributed by atoms with van der Waals surface area (Å²) in [6, 6.07) is 9.53. The van der Waals surface area contributed by atoms with Crippen LogP contribution in [0.2, 0.25) is 0 Å². The molecule has 15 heavy (non-hydrogen) atoms. The summed E-state index contributed by atoms with van der Waals surface area (Å²) < 4.78 is 4.97. The molecule has 0 amide bonds. The summed E-state index contributed by atoms with van der Waals surface area (Å²) in [6.07, 6.45) is 0. The lowest BCUT2D eigenvalue weighted by Gasteiger charge is -2.19. The zero-order chi connectivity index (χ0) is 10.9. The van der Waals surface area contributed by atoms with Gasteiger partial charge in [-0.1, -0.05) is 30.3 Å². The topological polar surface area (TPSA) is 91.0 Å². The van der Waals surface area contributed by atoms with Crippen molar-refractivity contribution in [2.24, 2.45) is 5.73 Å². The third-order valence-electron chi connectivity index (χ3n) is 2.26. The molecule has 0 aliphatic heterocycles. The molecule has 0 radical (unpaired) electrons. The Kier molecular flexibility index (Phi) is 2.17. The first-order valence-electron chi connectivity index (χ1n) is 4.55. The van der Waals surface area contributed by atoms with E-state index in [2.05, 4.69) is 10.1 Å². The van der Waals surface area contributed by atoms with Gasteiger partial charge in [-0.25, -0.2) is 0 Å². The van der Waals surface area contributed by atoms with Crippen molar-refractivity contribution in [2.45, 2.75) is 12.5 Å². The zero-order valence-corrected chi connectivity index (χ0v) is 8.34. The van der Waals surface area contributed by atoms with Gasteiger partial charge in [0.2, 0.25) is 0 Å². The second kappa shape index (κ2) is 3.36. The summed E-state index contributed by atoms with van der Waals surface area (Å²) >= 11 is 0. The van der Waals surface area contributed by atoms with Crippen LogP contribution in [0.15, 0.2) is 34.9 Å². The Balaban J connectivity index is 2.43. The van der Waals surface area contributed by atoms with Gasteiger partial charge in [-0.3, -0.25) is 0 Å². The number of aromatic nitrogens is 2. The van der Waals surface area contributed by atoms with Crippen molar-refractivity contribution in [3.63, 3.8) is 0 Å². The lowest BCUT2D eigenvalue weighted by molar-refractivity contribution is 0.326. The Labute approximate surface area is 87.1 Å². The normalized spacial score (nSPS) is 14.8. The van der Waals surface area contributed by atoms with E-state index in [1.807, 2.05) is 30.3 Å². The van der Waals surface area contributed by atoms with Gasteiger partial charge in [-0.05, 0) is 17.6 Å². The van der Waals surface area contributed by atoms with E-state index in [0.717, 1.165) is 5.56 Å². The maximum absolute atomic E-state index is 6.12. The van der Waals surface area contributed by atoms with Gasteiger partial charge in [0.25, 0.3) is 11.8 Å². The first kappa shape index (κ1) is 9.67. The van der Waals surface area contributed by atoms with Gasteiger partial charge >= 0.3 is 0 Å². The number of nitrogens with zero attached hydrogens (tertiary/aromatic N) is 2. The molecule has 0 saturated carbocycles. The fourth-order valence-electron chi connectivity index (χ4n) is 1.35. The second-order valence-electron chi connectivity index (χ2n) is 3.53. The third kappa shape index (κ3) is 1.69. The average molecular weight is 204 g/mol. The van der Waals surface area contributed by atoms with E-state index >= 15 is 0 Å². The Bertz CT molecular complexity index is 449. The van der Waals surface area contributed by atoms with E-state index < -0.39 is 5.54 Å². The molecule has 0 bridgehead atoms. The predicted octanol–water partition coefficient (Wildman–Crippen LogP) is 0.874. The molecule has 2 aromatic rings. The van der Waals surface area contributed by atoms with Crippen LogP contribution in [-0.2, 0) is 5.54 Å². The van der Waals surface area contributed by atoms with Gasteiger partial charge in [-0.15, -0.1) is 0 Å². The molecule has 5 nitrogen and oxygen atoms in total. The molecule has 0 aliphatic rings. The maximum Gasteiger partial charge on any atom is 0.260 e.